The van der Waals surface area contributed by atoms with E-state index in [9.17, 15) is 4.79 Å². The lowest BCUT2D eigenvalue weighted by atomic mass is 10.1. The fraction of sp³-hybridized carbons (Fsp3) is 0.385. The highest BCUT2D eigenvalue weighted by Crippen LogP contribution is 2.20. The lowest BCUT2D eigenvalue weighted by Gasteiger charge is -2.32. The van der Waals surface area contributed by atoms with Crippen molar-refractivity contribution in [3.63, 3.8) is 0 Å². The van der Waals surface area contributed by atoms with Gasteiger partial charge in [0.2, 0.25) is 5.91 Å². The smallest absolute Gasteiger partial charge is 0.220 e. The summed E-state index contributed by atoms with van der Waals surface area (Å²) in [5.74, 6) is 1.50. The fourth-order valence-electron chi connectivity index (χ4n) is 3.95. The van der Waals surface area contributed by atoms with Crippen molar-refractivity contribution in [2.24, 2.45) is 0 Å². The molecular formula is C26H32N4O2. The number of hydrogen-bond acceptors (Lipinski definition) is 5. The van der Waals surface area contributed by atoms with E-state index in [4.69, 9.17) is 4.42 Å². The highest BCUT2D eigenvalue weighted by atomic mass is 16.4. The molecule has 168 valence electrons. The first-order valence-corrected chi connectivity index (χ1v) is 11.4. The van der Waals surface area contributed by atoms with Crippen LogP contribution in [0.1, 0.15) is 29.9 Å². The fourth-order valence-corrected chi connectivity index (χ4v) is 3.95. The average Bonchev–Trinajstić information content (AvgIpc) is 3.29. The Hall–Kier alpha value is -2.96. The summed E-state index contributed by atoms with van der Waals surface area (Å²) in [6, 6.07) is 18.5. The van der Waals surface area contributed by atoms with Gasteiger partial charge in [-0.05, 0) is 24.6 Å². The van der Waals surface area contributed by atoms with E-state index in [-0.39, 0.29) is 5.91 Å². The predicted octanol–water partition coefficient (Wildman–Crippen LogP) is 3.73. The van der Waals surface area contributed by atoms with Crippen molar-refractivity contribution in [1.29, 1.82) is 0 Å². The van der Waals surface area contributed by atoms with Gasteiger partial charge >= 0.3 is 0 Å². The third kappa shape index (κ3) is 6.52. The van der Waals surface area contributed by atoms with Crippen LogP contribution in [0.15, 0.2) is 65.2 Å². The van der Waals surface area contributed by atoms with Crippen LogP contribution < -0.4 is 5.32 Å². The first kappa shape index (κ1) is 22.2. The molecule has 1 aliphatic heterocycles. The van der Waals surface area contributed by atoms with Crippen molar-refractivity contribution in [2.45, 2.75) is 32.4 Å². The molecule has 1 aliphatic rings. The molecule has 0 bridgehead atoms. The van der Waals surface area contributed by atoms with Gasteiger partial charge in [0.1, 0.15) is 0 Å². The number of carbonyl (C=O) groups is 1. The molecule has 0 saturated carbocycles. The maximum atomic E-state index is 12.3. The van der Waals surface area contributed by atoms with Gasteiger partial charge in [-0.2, -0.15) is 0 Å². The molecule has 32 heavy (non-hydrogen) atoms. The minimum absolute atomic E-state index is 0.0595. The van der Waals surface area contributed by atoms with Crippen molar-refractivity contribution < 1.29 is 9.21 Å². The standard InChI is InChI=1S/C26H32N4O2/c1-29-13-15-30(16-14-29)20-22-8-5-7-21(17-22)18-27-25(31)11-6-12-26-28-19-24(32-26)23-9-3-2-4-10-23/h2-5,7-10,17,19H,6,11-16,18,20H2,1H3,(H,27,31). The Morgan fingerprint density at radius 3 is 2.62 bits per heavy atom. The Morgan fingerprint density at radius 1 is 1.03 bits per heavy atom. The molecule has 6 heteroatoms. The van der Waals surface area contributed by atoms with Crippen LogP contribution in [0.2, 0.25) is 0 Å². The number of oxazole rings is 1. The number of aromatic nitrogens is 1. The molecular weight excluding hydrogens is 400 g/mol. The molecule has 0 atom stereocenters. The van der Waals surface area contributed by atoms with Gasteiger partial charge in [0, 0.05) is 57.7 Å². The largest absolute Gasteiger partial charge is 0.441 e. The van der Waals surface area contributed by atoms with Crippen LogP contribution >= 0.6 is 0 Å². The number of likely N-dealkylation sites (N-methyl/N-ethyl adjacent to an activating group) is 1. The Bertz CT molecular complexity index is 994. The second-order valence-corrected chi connectivity index (χ2v) is 8.51. The van der Waals surface area contributed by atoms with E-state index in [0.717, 1.165) is 49.6 Å². The van der Waals surface area contributed by atoms with Crippen LogP contribution in [0.5, 0.6) is 0 Å². The molecule has 1 aromatic heterocycles. The number of amides is 1. The maximum Gasteiger partial charge on any atom is 0.220 e. The van der Waals surface area contributed by atoms with E-state index in [1.807, 2.05) is 30.3 Å². The lowest BCUT2D eigenvalue weighted by molar-refractivity contribution is -0.121. The van der Waals surface area contributed by atoms with Gasteiger partial charge in [-0.1, -0.05) is 54.6 Å². The lowest BCUT2D eigenvalue weighted by Crippen LogP contribution is -2.43. The number of piperazine rings is 1. The normalized spacial score (nSPS) is 15.0. The maximum absolute atomic E-state index is 12.3. The number of rotatable bonds is 9. The van der Waals surface area contributed by atoms with E-state index < -0.39 is 0 Å². The number of carbonyl (C=O) groups excluding carboxylic acids is 1. The Kier molecular flexibility index (Phi) is 7.69. The topological polar surface area (TPSA) is 61.6 Å². The van der Waals surface area contributed by atoms with E-state index in [0.29, 0.717) is 31.7 Å². The molecule has 0 unspecified atom stereocenters. The summed E-state index contributed by atoms with van der Waals surface area (Å²) in [6.45, 7) is 5.99. The molecule has 0 radical (unpaired) electrons. The summed E-state index contributed by atoms with van der Waals surface area (Å²) in [4.78, 5) is 21.5. The third-order valence-electron chi connectivity index (χ3n) is 5.89. The zero-order chi connectivity index (χ0) is 22.2. The number of nitrogens with one attached hydrogen (secondary N) is 1. The molecule has 1 N–H and O–H groups in total. The summed E-state index contributed by atoms with van der Waals surface area (Å²) in [5, 5.41) is 3.04. The van der Waals surface area contributed by atoms with E-state index in [1.54, 1.807) is 6.20 Å². The number of aryl methyl sites for hydroxylation is 1. The van der Waals surface area contributed by atoms with Crippen molar-refractivity contribution in [3.8, 4) is 11.3 Å². The second-order valence-electron chi connectivity index (χ2n) is 8.51. The second kappa shape index (κ2) is 11.1. The highest BCUT2D eigenvalue weighted by Gasteiger charge is 2.14. The third-order valence-corrected chi connectivity index (χ3v) is 5.89. The Balaban J connectivity index is 1.18. The first-order valence-electron chi connectivity index (χ1n) is 11.4. The zero-order valence-corrected chi connectivity index (χ0v) is 18.8. The van der Waals surface area contributed by atoms with Gasteiger partial charge in [0.25, 0.3) is 0 Å². The van der Waals surface area contributed by atoms with Crippen LogP contribution in [0.25, 0.3) is 11.3 Å². The van der Waals surface area contributed by atoms with Gasteiger partial charge < -0.3 is 14.6 Å². The number of hydrogen-bond donors (Lipinski definition) is 1. The SMILES string of the molecule is CN1CCN(Cc2cccc(CNC(=O)CCCc3ncc(-c4ccccc4)o3)c2)CC1. The molecule has 1 fully saturated rings. The molecule has 6 nitrogen and oxygen atoms in total. The first-order chi connectivity index (χ1) is 15.7. The summed E-state index contributed by atoms with van der Waals surface area (Å²) >= 11 is 0. The molecule has 0 aliphatic carbocycles. The van der Waals surface area contributed by atoms with Gasteiger partial charge in [0.05, 0.1) is 6.20 Å². The zero-order valence-electron chi connectivity index (χ0n) is 18.8. The van der Waals surface area contributed by atoms with Crippen molar-refractivity contribution in [1.82, 2.24) is 20.1 Å². The summed E-state index contributed by atoms with van der Waals surface area (Å²) in [5.41, 5.74) is 3.46. The van der Waals surface area contributed by atoms with E-state index in [2.05, 4.69) is 51.4 Å². The molecule has 2 heterocycles. The Labute approximate surface area is 190 Å². The molecule has 2 aromatic carbocycles. The molecule has 4 rings (SSSR count). The van der Waals surface area contributed by atoms with Crippen LogP contribution in [-0.4, -0.2) is 53.9 Å². The minimum atomic E-state index is 0.0595. The predicted molar refractivity (Wildman–Crippen MR) is 126 cm³/mol. The van der Waals surface area contributed by atoms with Gasteiger partial charge in [-0.15, -0.1) is 0 Å². The van der Waals surface area contributed by atoms with E-state index >= 15 is 0 Å². The molecule has 0 spiro atoms. The molecule has 1 saturated heterocycles. The summed E-state index contributed by atoms with van der Waals surface area (Å²) in [6.07, 6.45) is 3.58. The van der Waals surface area contributed by atoms with E-state index in [1.165, 1.54) is 5.56 Å². The highest BCUT2D eigenvalue weighted by molar-refractivity contribution is 5.75. The van der Waals surface area contributed by atoms with Gasteiger partial charge in [-0.25, -0.2) is 4.98 Å². The van der Waals surface area contributed by atoms with Crippen LogP contribution in [0.4, 0.5) is 0 Å². The van der Waals surface area contributed by atoms with Crippen molar-refractivity contribution in [2.75, 3.05) is 33.2 Å². The monoisotopic (exact) mass is 432 g/mol. The minimum Gasteiger partial charge on any atom is -0.441 e. The van der Waals surface area contributed by atoms with Crippen LogP contribution in [0.3, 0.4) is 0 Å². The Morgan fingerprint density at radius 2 is 1.81 bits per heavy atom. The molecule has 3 aromatic rings. The summed E-state index contributed by atoms with van der Waals surface area (Å²) in [7, 11) is 2.17. The number of benzene rings is 2. The van der Waals surface area contributed by atoms with Gasteiger partial charge in [0.15, 0.2) is 11.7 Å². The quantitative estimate of drug-likeness (QED) is 0.558. The van der Waals surface area contributed by atoms with Crippen molar-refractivity contribution in [3.05, 3.63) is 77.8 Å². The van der Waals surface area contributed by atoms with Crippen LogP contribution in [-0.2, 0) is 24.3 Å². The molecule has 1 amide bonds. The van der Waals surface area contributed by atoms with Crippen LogP contribution in [0, 0.1) is 0 Å². The van der Waals surface area contributed by atoms with Crippen molar-refractivity contribution >= 4 is 5.91 Å². The number of nitrogens with zero attached hydrogens (tertiary/aromatic N) is 3. The summed E-state index contributed by atoms with van der Waals surface area (Å²) < 4.78 is 5.81. The van der Waals surface area contributed by atoms with Gasteiger partial charge in [-0.3, -0.25) is 9.69 Å². The average molecular weight is 433 g/mol.